The third kappa shape index (κ3) is 2.53. The van der Waals surface area contributed by atoms with E-state index < -0.39 is 0 Å². The van der Waals surface area contributed by atoms with Crippen molar-refractivity contribution in [1.82, 2.24) is 4.98 Å². The Morgan fingerprint density at radius 1 is 1.64 bits per heavy atom. The van der Waals surface area contributed by atoms with Crippen LogP contribution in [0.1, 0.15) is 23.5 Å². The second-order valence-electron chi connectivity index (χ2n) is 3.68. The first kappa shape index (κ1) is 10.1. The van der Waals surface area contributed by atoms with Crippen LogP contribution < -0.4 is 0 Å². The molecule has 2 heterocycles. The molecule has 1 saturated heterocycles. The van der Waals surface area contributed by atoms with Crippen molar-refractivity contribution in [2.45, 2.75) is 25.9 Å². The van der Waals surface area contributed by atoms with Gasteiger partial charge in [0.2, 0.25) is 0 Å². The molecule has 1 atom stereocenters. The zero-order valence-corrected chi connectivity index (χ0v) is 8.92. The molecule has 4 heteroatoms. The maximum absolute atomic E-state index is 8.88. The lowest BCUT2D eigenvalue weighted by atomic mass is 9.99. The number of aromatic nitrogens is 1. The molecule has 0 amide bonds. The fourth-order valence-electron chi connectivity index (χ4n) is 1.73. The van der Waals surface area contributed by atoms with Crippen molar-refractivity contribution >= 4 is 11.3 Å². The first-order chi connectivity index (χ1) is 6.88. The molecule has 0 radical (unpaired) electrons. The lowest BCUT2D eigenvalue weighted by Crippen LogP contribution is -2.19. The Hall–Kier alpha value is -0.450. The molecule has 0 saturated carbocycles. The van der Waals surface area contributed by atoms with Gasteiger partial charge in [0.1, 0.15) is 0 Å². The molecular formula is C10H15NO2S. The van der Waals surface area contributed by atoms with Crippen LogP contribution in [0, 0.1) is 5.92 Å². The van der Waals surface area contributed by atoms with Gasteiger partial charge in [-0.3, -0.25) is 0 Å². The smallest absolute Gasteiger partial charge is 0.0932 e. The average Bonchev–Trinajstić information content (AvgIpc) is 2.67. The summed E-state index contributed by atoms with van der Waals surface area (Å²) in [4.78, 5) is 4.34. The highest BCUT2D eigenvalue weighted by atomic mass is 32.1. The van der Waals surface area contributed by atoms with Crippen molar-refractivity contribution in [3.8, 4) is 0 Å². The van der Waals surface area contributed by atoms with E-state index in [1.54, 1.807) is 11.3 Å². The minimum atomic E-state index is 0.0532. The van der Waals surface area contributed by atoms with Gasteiger partial charge in [0.15, 0.2) is 0 Å². The van der Waals surface area contributed by atoms with E-state index in [4.69, 9.17) is 9.84 Å². The Balaban J connectivity index is 1.89. The van der Waals surface area contributed by atoms with Gasteiger partial charge in [-0.1, -0.05) is 0 Å². The maximum Gasteiger partial charge on any atom is 0.0932 e. The zero-order chi connectivity index (χ0) is 9.80. The van der Waals surface area contributed by atoms with Gasteiger partial charge in [0, 0.05) is 25.0 Å². The van der Waals surface area contributed by atoms with Gasteiger partial charge in [-0.05, 0) is 18.8 Å². The van der Waals surface area contributed by atoms with Gasteiger partial charge in [0.25, 0.3) is 0 Å². The standard InChI is InChI=1S/C10H15NO2S/c12-5-9-7-14-10(11-9)4-8-2-1-3-13-6-8/h7-8,12H,1-6H2. The molecule has 0 aliphatic carbocycles. The number of rotatable bonds is 3. The summed E-state index contributed by atoms with van der Waals surface area (Å²) >= 11 is 1.64. The van der Waals surface area contributed by atoms with E-state index >= 15 is 0 Å². The summed E-state index contributed by atoms with van der Waals surface area (Å²) in [5.41, 5.74) is 0.793. The second kappa shape index (κ2) is 4.87. The van der Waals surface area contributed by atoms with Gasteiger partial charge in [-0.2, -0.15) is 0 Å². The molecule has 1 fully saturated rings. The lowest BCUT2D eigenvalue weighted by molar-refractivity contribution is 0.0550. The lowest BCUT2D eigenvalue weighted by Gasteiger charge is -2.20. The molecule has 1 aliphatic heterocycles. The van der Waals surface area contributed by atoms with Crippen LogP contribution in [0.3, 0.4) is 0 Å². The van der Waals surface area contributed by atoms with Crippen LogP contribution in [0.15, 0.2) is 5.38 Å². The topological polar surface area (TPSA) is 42.4 Å². The highest BCUT2D eigenvalue weighted by Crippen LogP contribution is 2.20. The highest BCUT2D eigenvalue weighted by Gasteiger charge is 2.15. The SMILES string of the molecule is OCc1csc(CC2CCCOC2)n1. The first-order valence-electron chi connectivity index (χ1n) is 5.00. The average molecular weight is 213 g/mol. The van der Waals surface area contributed by atoms with Crippen LogP contribution in [0.2, 0.25) is 0 Å². The summed E-state index contributed by atoms with van der Waals surface area (Å²) < 4.78 is 5.41. The summed E-state index contributed by atoms with van der Waals surface area (Å²) in [6.07, 6.45) is 3.42. The van der Waals surface area contributed by atoms with Crippen molar-refractivity contribution in [2.75, 3.05) is 13.2 Å². The van der Waals surface area contributed by atoms with Crippen LogP contribution in [0.4, 0.5) is 0 Å². The Bertz CT molecular complexity index is 281. The quantitative estimate of drug-likeness (QED) is 0.829. The van der Waals surface area contributed by atoms with Crippen molar-refractivity contribution in [1.29, 1.82) is 0 Å². The summed E-state index contributed by atoms with van der Waals surface area (Å²) in [6.45, 7) is 1.84. The molecule has 3 nitrogen and oxygen atoms in total. The summed E-state index contributed by atoms with van der Waals surface area (Å²) in [7, 11) is 0. The summed E-state index contributed by atoms with van der Waals surface area (Å²) in [6, 6.07) is 0. The Morgan fingerprint density at radius 2 is 2.57 bits per heavy atom. The monoisotopic (exact) mass is 213 g/mol. The largest absolute Gasteiger partial charge is 0.390 e. The molecule has 1 aromatic rings. The van der Waals surface area contributed by atoms with E-state index in [2.05, 4.69) is 4.98 Å². The van der Waals surface area contributed by atoms with Crippen LogP contribution >= 0.6 is 11.3 Å². The third-order valence-corrected chi connectivity index (χ3v) is 3.40. The zero-order valence-electron chi connectivity index (χ0n) is 8.11. The van der Waals surface area contributed by atoms with Crippen molar-refractivity contribution < 1.29 is 9.84 Å². The van der Waals surface area contributed by atoms with Gasteiger partial charge in [-0.25, -0.2) is 4.98 Å². The molecule has 14 heavy (non-hydrogen) atoms. The van der Waals surface area contributed by atoms with Crippen LogP contribution in [-0.2, 0) is 17.8 Å². The van der Waals surface area contributed by atoms with Gasteiger partial charge < -0.3 is 9.84 Å². The minimum absolute atomic E-state index is 0.0532. The highest BCUT2D eigenvalue weighted by molar-refractivity contribution is 7.09. The molecule has 0 bridgehead atoms. The van der Waals surface area contributed by atoms with Crippen molar-refractivity contribution in [3.05, 3.63) is 16.1 Å². The molecule has 1 unspecified atom stereocenters. The third-order valence-electron chi connectivity index (χ3n) is 2.48. The molecule has 1 aliphatic rings. The predicted octanol–water partition coefficient (Wildman–Crippen LogP) is 1.60. The number of nitrogens with zero attached hydrogens (tertiary/aromatic N) is 1. The Kier molecular flexibility index (Phi) is 3.50. The van der Waals surface area contributed by atoms with E-state index in [0.717, 1.165) is 30.3 Å². The van der Waals surface area contributed by atoms with E-state index in [0.29, 0.717) is 5.92 Å². The Morgan fingerprint density at radius 3 is 3.21 bits per heavy atom. The molecule has 2 rings (SSSR count). The summed E-state index contributed by atoms with van der Waals surface area (Å²) in [5.74, 6) is 0.626. The number of hydrogen-bond acceptors (Lipinski definition) is 4. The van der Waals surface area contributed by atoms with Crippen molar-refractivity contribution in [2.24, 2.45) is 5.92 Å². The minimum Gasteiger partial charge on any atom is -0.390 e. The van der Waals surface area contributed by atoms with E-state index in [1.165, 1.54) is 12.8 Å². The maximum atomic E-state index is 8.88. The number of aliphatic hydroxyl groups excluding tert-OH is 1. The van der Waals surface area contributed by atoms with E-state index in [9.17, 15) is 0 Å². The molecule has 0 aromatic carbocycles. The normalized spacial score (nSPS) is 22.5. The van der Waals surface area contributed by atoms with Crippen molar-refractivity contribution in [3.63, 3.8) is 0 Å². The van der Waals surface area contributed by atoms with Gasteiger partial charge in [0.05, 0.1) is 17.3 Å². The molecule has 1 aromatic heterocycles. The fourth-order valence-corrected chi connectivity index (χ4v) is 2.63. The molecule has 0 spiro atoms. The van der Waals surface area contributed by atoms with Crippen LogP contribution in [0.25, 0.3) is 0 Å². The fraction of sp³-hybridized carbons (Fsp3) is 0.700. The van der Waals surface area contributed by atoms with Crippen LogP contribution in [0.5, 0.6) is 0 Å². The van der Waals surface area contributed by atoms with E-state index in [-0.39, 0.29) is 6.61 Å². The van der Waals surface area contributed by atoms with E-state index in [1.807, 2.05) is 5.38 Å². The number of ether oxygens (including phenoxy) is 1. The Labute approximate surface area is 87.7 Å². The summed E-state index contributed by atoms with van der Waals surface area (Å²) in [5, 5.41) is 11.9. The number of hydrogen-bond donors (Lipinski definition) is 1. The molecular weight excluding hydrogens is 198 g/mol. The first-order valence-corrected chi connectivity index (χ1v) is 5.88. The number of thiazole rings is 1. The number of aliphatic hydroxyl groups is 1. The van der Waals surface area contributed by atoms with Gasteiger partial charge >= 0.3 is 0 Å². The van der Waals surface area contributed by atoms with Gasteiger partial charge in [-0.15, -0.1) is 11.3 Å². The predicted molar refractivity (Wildman–Crippen MR) is 55.3 cm³/mol. The molecule has 78 valence electrons. The molecule has 1 N–H and O–H groups in total. The second-order valence-corrected chi connectivity index (χ2v) is 4.62. The van der Waals surface area contributed by atoms with Crippen LogP contribution in [-0.4, -0.2) is 23.3 Å².